The van der Waals surface area contributed by atoms with Gasteiger partial charge in [-0.25, -0.2) is 14.3 Å². The van der Waals surface area contributed by atoms with Crippen LogP contribution in [-0.4, -0.2) is 19.5 Å². The number of H-pyrrole nitrogens is 1. The van der Waals surface area contributed by atoms with Gasteiger partial charge in [-0.3, -0.25) is 9.78 Å². The monoisotopic (exact) mass is 441 g/mol. The van der Waals surface area contributed by atoms with Crippen molar-refractivity contribution in [2.45, 2.75) is 26.6 Å². The molecule has 0 spiro atoms. The predicted octanol–water partition coefficient (Wildman–Crippen LogP) is 3.72. The van der Waals surface area contributed by atoms with E-state index in [-0.39, 0.29) is 29.1 Å². The second kappa shape index (κ2) is 7.95. The molecule has 0 atom stereocenters. The number of hydrogen-bond acceptors (Lipinski definition) is 5. The summed E-state index contributed by atoms with van der Waals surface area (Å²) in [6, 6.07) is 10.4. The molecule has 0 saturated carbocycles. The van der Waals surface area contributed by atoms with Gasteiger partial charge in [0.25, 0.3) is 5.56 Å². The van der Waals surface area contributed by atoms with Gasteiger partial charge >= 0.3 is 11.9 Å². The zero-order valence-electron chi connectivity index (χ0n) is 17.1. The summed E-state index contributed by atoms with van der Waals surface area (Å²) in [6.07, 6.45) is -3.26. The van der Waals surface area contributed by atoms with Crippen molar-refractivity contribution in [3.63, 3.8) is 0 Å². The lowest BCUT2D eigenvalue weighted by atomic mass is 10.1. The summed E-state index contributed by atoms with van der Waals surface area (Å²) in [5.41, 5.74) is 0.119. The van der Waals surface area contributed by atoms with Crippen molar-refractivity contribution in [3.05, 3.63) is 91.8 Å². The van der Waals surface area contributed by atoms with E-state index in [1.807, 2.05) is 19.9 Å². The van der Waals surface area contributed by atoms with Crippen LogP contribution in [0.4, 0.5) is 19.1 Å². The molecule has 2 heterocycles. The summed E-state index contributed by atoms with van der Waals surface area (Å²) < 4.78 is 40.5. The van der Waals surface area contributed by atoms with Gasteiger partial charge in [0.2, 0.25) is 5.95 Å². The molecule has 0 fully saturated rings. The quantitative estimate of drug-likeness (QED) is 0.504. The fraction of sp³-hybridized carbons (Fsp3) is 0.182. The zero-order chi connectivity index (χ0) is 23.0. The van der Waals surface area contributed by atoms with Crippen molar-refractivity contribution >= 4 is 17.0 Å². The molecule has 0 unspecified atom stereocenters. The number of nitrogens with zero attached hydrogens (tertiary/aromatic N) is 3. The fourth-order valence-corrected chi connectivity index (χ4v) is 3.41. The Hall–Kier alpha value is -3.95. The highest BCUT2D eigenvalue weighted by Crippen LogP contribution is 2.32. The first-order valence-electron chi connectivity index (χ1n) is 9.64. The third-order valence-corrected chi connectivity index (χ3v) is 5.23. The molecule has 0 aliphatic rings. The average Bonchev–Trinajstić information content (AvgIpc) is 2.74. The molecule has 10 heteroatoms. The van der Waals surface area contributed by atoms with E-state index >= 15 is 0 Å². The van der Waals surface area contributed by atoms with Crippen molar-refractivity contribution in [1.82, 2.24) is 19.5 Å². The molecule has 0 amide bonds. The molecule has 2 N–H and O–H groups in total. The molecule has 2 aromatic heterocycles. The number of alkyl halides is 3. The maximum absolute atomic E-state index is 13.2. The Morgan fingerprint density at radius 3 is 2.56 bits per heavy atom. The van der Waals surface area contributed by atoms with Crippen molar-refractivity contribution in [2.24, 2.45) is 0 Å². The Balaban J connectivity index is 1.71. The van der Waals surface area contributed by atoms with E-state index in [0.717, 1.165) is 21.8 Å². The third kappa shape index (κ3) is 3.86. The van der Waals surface area contributed by atoms with E-state index in [0.29, 0.717) is 5.69 Å². The van der Waals surface area contributed by atoms with Crippen LogP contribution in [0.1, 0.15) is 22.3 Å². The Morgan fingerprint density at radius 1 is 1.06 bits per heavy atom. The van der Waals surface area contributed by atoms with Gasteiger partial charge in [-0.05, 0) is 42.7 Å². The maximum Gasteiger partial charge on any atom is 0.416 e. The van der Waals surface area contributed by atoms with Crippen LogP contribution in [0.3, 0.4) is 0 Å². The number of benzene rings is 2. The molecule has 32 heavy (non-hydrogen) atoms. The molecule has 0 saturated heterocycles. The number of anilines is 1. The van der Waals surface area contributed by atoms with E-state index in [9.17, 15) is 22.8 Å². The van der Waals surface area contributed by atoms with Crippen LogP contribution >= 0.6 is 0 Å². The van der Waals surface area contributed by atoms with Crippen molar-refractivity contribution in [1.29, 1.82) is 0 Å². The number of aromatic amines is 1. The normalized spacial score (nSPS) is 11.7. The Kier molecular flexibility index (Phi) is 5.29. The Labute approximate surface area is 179 Å². The third-order valence-electron chi connectivity index (χ3n) is 5.23. The molecule has 0 aliphatic carbocycles. The lowest BCUT2D eigenvalue weighted by Gasteiger charge is -2.13. The number of fused-ring (bicyclic) bond motifs is 1. The molecule has 0 aliphatic heterocycles. The van der Waals surface area contributed by atoms with E-state index in [2.05, 4.69) is 20.3 Å². The smallest absolute Gasteiger partial charge is 0.350 e. The number of halogens is 3. The second-order valence-corrected chi connectivity index (χ2v) is 7.25. The molecule has 2 aromatic carbocycles. The van der Waals surface area contributed by atoms with Gasteiger partial charge in [0.05, 0.1) is 11.3 Å². The number of aryl methyl sites for hydroxylation is 1. The van der Waals surface area contributed by atoms with Gasteiger partial charge in [0.15, 0.2) is 5.65 Å². The Bertz CT molecular complexity index is 1440. The largest absolute Gasteiger partial charge is 0.416 e. The number of hydrogen-bond donors (Lipinski definition) is 2. The van der Waals surface area contributed by atoms with Gasteiger partial charge < -0.3 is 5.32 Å². The summed E-state index contributed by atoms with van der Waals surface area (Å²) >= 11 is 0. The van der Waals surface area contributed by atoms with Crippen LogP contribution in [0.5, 0.6) is 0 Å². The first kappa shape index (κ1) is 21.3. The van der Waals surface area contributed by atoms with Crippen LogP contribution in [0.25, 0.3) is 16.7 Å². The van der Waals surface area contributed by atoms with E-state index in [1.165, 1.54) is 24.4 Å². The number of rotatable bonds is 4. The van der Waals surface area contributed by atoms with Crippen LogP contribution < -0.4 is 16.6 Å². The van der Waals surface area contributed by atoms with Gasteiger partial charge in [-0.1, -0.05) is 30.3 Å². The molecule has 4 rings (SSSR count). The van der Waals surface area contributed by atoms with E-state index < -0.39 is 23.0 Å². The highest BCUT2D eigenvalue weighted by molar-refractivity contribution is 5.73. The van der Waals surface area contributed by atoms with Crippen LogP contribution in [-0.2, 0) is 12.7 Å². The summed E-state index contributed by atoms with van der Waals surface area (Å²) in [7, 11) is 0. The van der Waals surface area contributed by atoms with Crippen LogP contribution in [0.2, 0.25) is 0 Å². The zero-order valence-corrected chi connectivity index (χ0v) is 17.1. The predicted molar refractivity (Wildman–Crippen MR) is 114 cm³/mol. The minimum Gasteiger partial charge on any atom is -0.350 e. The van der Waals surface area contributed by atoms with Gasteiger partial charge in [-0.15, -0.1) is 0 Å². The average molecular weight is 441 g/mol. The first-order chi connectivity index (χ1) is 15.2. The topological polar surface area (TPSA) is 92.7 Å². The SMILES string of the molecule is Cc1cccc(-n2c(=O)[nH]c3nc(NCc4ccccc4C(F)(F)F)ncc3c2=O)c1C. The van der Waals surface area contributed by atoms with Crippen molar-refractivity contribution in [3.8, 4) is 5.69 Å². The number of nitrogens with one attached hydrogen (secondary N) is 2. The van der Waals surface area contributed by atoms with Gasteiger partial charge in [0.1, 0.15) is 5.39 Å². The molecular formula is C22H18F3N5O2. The summed E-state index contributed by atoms with van der Waals surface area (Å²) in [4.78, 5) is 36.3. The first-order valence-corrected chi connectivity index (χ1v) is 9.64. The van der Waals surface area contributed by atoms with Crippen molar-refractivity contribution < 1.29 is 13.2 Å². The van der Waals surface area contributed by atoms with E-state index in [4.69, 9.17) is 0 Å². The lowest BCUT2D eigenvalue weighted by Crippen LogP contribution is -2.34. The highest BCUT2D eigenvalue weighted by Gasteiger charge is 2.32. The standard InChI is InChI=1S/C22H18F3N5O2/c1-12-6-5-9-17(13(12)2)30-19(31)15-11-27-20(28-18(15)29-21(30)32)26-10-14-7-3-4-8-16(14)22(23,24)25/h3-9,11H,10H2,1-2H3,(H2,26,27,28,29,32). The van der Waals surface area contributed by atoms with Crippen LogP contribution in [0, 0.1) is 13.8 Å². The van der Waals surface area contributed by atoms with Crippen LogP contribution in [0.15, 0.2) is 58.3 Å². The second-order valence-electron chi connectivity index (χ2n) is 7.25. The highest BCUT2D eigenvalue weighted by atomic mass is 19.4. The molecular weight excluding hydrogens is 423 g/mol. The minimum atomic E-state index is -4.49. The molecule has 4 aromatic rings. The minimum absolute atomic E-state index is 0.0110. The molecule has 0 radical (unpaired) electrons. The molecule has 164 valence electrons. The fourth-order valence-electron chi connectivity index (χ4n) is 3.41. The summed E-state index contributed by atoms with van der Waals surface area (Å²) in [5, 5.41) is 2.79. The molecule has 7 nitrogen and oxygen atoms in total. The molecule has 0 bridgehead atoms. The maximum atomic E-state index is 13.2. The summed E-state index contributed by atoms with van der Waals surface area (Å²) in [6.45, 7) is 3.49. The van der Waals surface area contributed by atoms with Gasteiger partial charge in [0, 0.05) is 12.7 Å². The Morgan fingerprint density at radius 2 is 1.81 bits per heavy atom. The van der Waals surface area contributed by atoms with E-state index in [1.54, 1.807) is 12.1 Å². The lowest BCUT2D eigenvalue weighted by molar-refractivity contribution is -0.138. The summed E-state index contributed by atoms with van der Waals surface area (Å²) in [5.74, 6) is -0.0194. The number of aromatic nitrogens is 4. The van der Waals surface area contributed by atoms with Crippen molar-refractivity contribution in [2.75, 3.05) is 5.32 Å². The van der Waals surface area contributed by atoms with Gasteiger partial charge in [-0.2, -0.15) is 18.2 Å².